The summed E-state index contributed by atoms with van der Waals surface area (Å²) in [5.41, 5.74) is 1.10. The molecule has 1 heterocycles. The molecule has 0 saturated heterocycles. The summed E-state index contributed by atoms with van der Waals surface area (Å²) in [4.78, 5) is 16.4. The van der Waals surface area contributed by atoms with Crippen LogP contribution in [-0.4, -0.2) is 23.7 Å². The van der Waals surface area contributed by atoms with Crippen LogP contribution in [0.4, 0.5) is 4.79 Å². The number of thiophene rings is 1. The Labute approximate surface area is 144 Å². The molecule has 1 aromatic heterocycles. The fourth-order valence-corrected chi connectivity index (χ4v) is 3.50. The number of carbonyl (C=O) groups excluding carboxylic acids is 1. The first-order chi connectivity index (χ1) is 10.6. The van der Waals surface area contributed by atoms with Crippen LogP contribution in [0.5, 0.6) is 0 Å². The van der Waals surface area contributed by atoms with E-state index in [1.165, 1.54) is 16.2 Å². The van der Waals surface area contributed by atoms with Gasteiger partial charge in [-0.25, -0.2) is 4.79 Å². The molecule has 2 amide bonds. The summed E-state index contributed by atoms with van der Waals surface area (Å²) < 4.78 is 0.750. The van der Waals surface area contributed by atoms with Crippen molar-refractivity contribution >= 4 is 40.7 Å². The molecule has 0 bridgehead atoms. The number of thioether (sulfide) groups is 1. The molecule has 1 N–H and O–H groups in total. The number of amides is 2. The normalized spacial score (nSPS) is 10.5. The van der Waals surface area contributed by atoms with E-state index in [4.69, 9.17) is 11.6 Å². The van der Waals surface area contributed by atoms with Crippen LogP contribution in [-0.2, 0) is 13.1 Å². The second-order valence-corrected chi connectivity index (χ2v) is 7.41. The number of rotatable bonds is 6. The molecular formula is C16H19ClN2OS2. The quantitative estimate of drug-likeness (QED) is 0.751. The Morgan fingerprint density at radius 1 is 1.27 bits per heavy atom. The second kappa shape index (κ2) is 8.46. The van der Waals surface area contributed by atoms with Crippen molar-refractivity contribution < 1.29 is 4.79 Å². The summed E-state index contributed by atoms with van der Waals surface area (Å²) >= 11 is 9.15. The minimum atomic E-state index is -0.0547. The van der Waals surface area contributed by atoms with Gasteiger partial charge in [-0.05, 0) is 43.0 Å². The Bertz CT molecular complexity index is 613. The fraction of sp³-hybridized carbons (Fsp3) is 0.312. The summed E-state index contributed by atoms with van der Waals surface area (Å²) in [5, 5.41) is 2.97. The van der Waals surface area contributed by atoms with Crippen LogP contribution in [0.25, 0.3) is 0 Å². The highest BCUT2D eigenvalue weighted by molar-refractivity contribution is 7.98. The van der Waals surface area contributed by atoms with E-state index < -0.39 is 0 Å². The number of nitrogens with one attached hydrogen (secondary N) is 1. The van der Waals surface area contributed by atoms with Crippen LogP contribution in [0.1, 0.15) is 17.4 Å². The van der Waals surface area contributed by atoms with Gasteiger partial charge >= 0.3 is 6.03 Å². The Morgan fingerprint density at radius 3 is 2.55 bits per heavy atom. The highest BCUT2D eigenvalue weighted by Crippen LogP contribution is 2.22. The fourth-order valence-electron chi connectivity index (χ4n) is 1.98. The van der Waals surface area contributed by atoms with Gasteiger partial charge in [-0.1, -0.05) is 23.7 Å². The first-order valence-electron chi connectivity index (χ1n) is 7.02. The Balaban J connectivity index is 1.88. The van der Waals surface area contributed by atoms with E-state index in [-0.39, 0.29) is 6.03 Å². The average molecular weight is 355 g/mol. The third-order valence-electron chi connectivity index (χ3n) is 3.25. The van der Waals surface area contributed by atoms with E-state index in [1.54, 1.807) is 16.7 Å². The number of hydrogen-bond acceptors (Lipinski definition) is 3. The van der Waals surface area contributed by atoms with E-state index in [1.807, 2.05) is 37.4 Å². The minimum absolute atomic E-state index is 0.0547. The molecule has 0 unspecified atom stereocenters. The van der Waals surface area contributed by atoms with Gasteiger partial charge in [-0.3, -0.25) is 0 Å². The monoisotopic (exact) mass is 354 g/mol. The predicted octanol–water partition coefficient (Wildman–Crippen LogP) is 4.86. The first kappa shape index (κ1) is 17.2. The van der Waals surface area contributed by atoms with Crippen molar-refractivity contribution in [2.45, 2.75) is 24.9 Å². The van der Waals surface area contributed by atoms with Crippen LogP contribution in [0, 0.1) is 0 Å². The molecule has 22 heavy (non-hydrogen) atoms. The van der Waals surface area contributed by atoms with Crippen molar-refractivity contribution in [3.8, 4) is 0 Å². The number of urea groups is 1. The number of nitrogens with zero attached hydrogens (tertiary/aromatic N) is 1. The van der Waals surface area contributed by atoms with Gasteiger partial charge in [0.15, 0.2) is 0 Å². The van der Waals surface area contributed by atoms with E-state index in [0.717, 1.165) is 14.8 Å². The summed E-state index contributed by atoms with van der Waals surface area (Å²) in [6.07, 6.45) is 2.05. The molecule has 2 aromatic rings. The van der Waals surface area contributed by atoms with E-state index in [9.17, 15) is 4.79 Å². The lowest BCUT2D eigenvalue weighted by Crippen LogP contribution is -2.38. The van der Waals surface area contributed by atoms with Crippen molar-refractivity contribution in [1.82, 2.24) is 10.2 Å². The molecule has 0 aliphatic rings. The lowest BCUT2D eigenvalue weighted by molar-refractivity contribution is 0.198. The maximum absolute atomic E-state index is 12.3. The van der Waals surface area contributed by atoms with E-state index >= 15 is 0 Å². The largest absolute Gasteiger partial charge is 0.334 e. The van der Waals surface area contributed by atoms with Crippen molar-refractivity contribution in [2.75, 3.05) is 12.8 Å². The number of benzene rings is 1. The van der Waals surface area contributed by atoms with Crippen molar-refractivity contribution in [3.63, 3.8) is 0 Å². The molecule has 0 fully saturated rings. The van der Waals surface area contributed by atoms with E-state index in [0.29, 0.717) is 19.6 Å². The lowest BCUT2D eigenvalue weighted by Gasteiger charge is -2.20. The zero-order valence-corrected chi connectivity index (χ0v) is 15.0. The summed E-state index contributed by atoms with van der Waals surface area (Å²) in [7, 11) is 0. The highest BCUT2D eigenvalue weighted by atomic mass is 35.5. The molecule has 0 atom stereocenters. The van der Waals surface area contributed by atoms with Gasteiger partial charge in [0.05, 0.1) is 10.9 Å². The average Bonchev–Trinajstić information content (AvgIpc) is 2.96. The van der Waals surface area contributed by atoms with Crippen LogP contribution >= 0.6 is 34.7 Å². The van der Waals surface area contributed by atoms with Crippen LogP contribution < -0.4 is 5.32 Å². The zero-order chi connectivity index (χ0) is 15.9. The van der Waals surface area contributed by atoms with Crippen molar-refractivity contribution in [2.24, 2.45) is 0 Å². The molecular weight excluding hydrogens is 336 g/mol. The van der Waals surface area contributed by atoms with Crippen LogP contribution in [0.2, 0.25) is 4.34 Å². The van der Waals surface area contributed by atoms with Gasteiger partial charge in [0.2, 0.25) is 0 Å². The second-order valence-electron chi connectivity index (χ2n) is 4.73. The van der Waals surface area contributed by atoms with Crippen molar-refractivity contribution in [3.05, 3.63) is 51.2 Å². The standard InChI is InChI=1S/C16H19ClN2OS2/c1-3-19(11-14-8-9-15(17)22-14)16(20)18-10-12-4-6-13(21-2)7-5-12/h4-9H,3,10-11H2,1-2H3,(H,18,20). The minimum Gasteiger partial charge on any atom is -0.334 e. The molecule has 1 aromatic carbocycles. The molecule has 0 radical (unpaired) electrons. The third kappa shape index (κ3) is 4.93. The van der Waals surface area contributed by atoms with Crippen molar-refractivity contribution in [1.29, 1.82) is 0 Å². The van der Waals surface area contributed by atoms with Gasteiger partial charge in [0.25, 0.3) is 0 Å². The molecule has 3 nitrogen and oxygen atoms in total. The molecule has 0 saturated carbocycles. The number of halogens is 1. The van der Waals surface area contributed by atoms with Gasteiger partial charge in [-0.15, -0.1) is 23.1 Å². The Hall–Kier alpha value is -1.17. The van der Waals surface area contributed by atoms with Gasteiger partial charge in [0.1, 0.15) is 0 Å². The van der Waals surface area contributed by atoms with E-state index in [2.05, 4.69) is 17.4 Å². The Kier molecular flexibility index (Phi) is 6.61. The van der Waals surface area contributed by atoms with Gasteiger partial charge in [-0.2, -0.15) is 0 Å². The smallest absolute Gasteiger partial charge is 0.317 e. The molecule has 0 aliphatic heterocycles. The first-order valence-corrected chi connectivity index (χ1v) is 9.44. The molecule has 2 rings (SSSR count). The Morgan fingerprint density at radius 2 is 2.00 bits per heavy atom. The topological polar surface area (TPSA) is 32.3 Å². The maximum Gasteiger partial charge on any atom is 0.317 e. The lowest BCUT2D eigenvalue weighted by atomic mass is 10.2. The zero-order valence-electron chi connectivity index (χ0n) is 12.6. The number of carbonyl (C=O) groups is 1. The third-order valence-corrected chi connectivity index (χ3v) is 5.21. The van der Waals surface area contributed by atoms with Gasteiger partial charge < -0.3 is 10.2 Å². The van der Waals surface area contributed by atoms with Crippen LogP contribution in [0.3, 0.4) is 0 Å². The maximum atomic E-state index is 12.3. The number of hydrogen-bond donors (Lipinski definition) is 1. The summed E-state index contributed by atoms with van der Waals surface area (Å²) in [6.45, 7) is 3.76. The molecule has 118 valence electrons. The molecule has 6 heteroatoms. The SMILES string of the molecule is CCN(Cc1ccc(Cl)s1)C(=O)NCc1ccc(SC)cc1. The summed E-state index contributed by atoms with van der Waals surface area (Å²) in [5.74, 6) is 0. The van der Waals surface area contributed by atoms with Gasteiger partial charge in [0, 0.05) is 22.9 Å². The highest BCUT2D eigenvalue weighted by Gasteiger charge is 2.12. The summed E-state index contributed by atoms with van der Waals surface area (Å²) in [6, 6.07) is 12.0. The molecule has 0 spiro atoms. The van der Waals surface area contributed by atoms with Crippen LogP contribution in [0.15, 0.2) is 41.3 Å². The molecule has 0 aliphatic carbocycles. The predicted molar refractivity (Wildman–Crippen MR) is 95.9 cm³/mol.